The number of hydrogen-bond donors (Lipinski definition) is 2. The van der Waals surface area contributed by atoms with Crippen LogP contribution in [-0.2, 0) is 0 Å². The predicted molar refractivity (Wildman–Crippen MR) is 71.9 cm³/mol. The van der Waals surface area contributed by atoms with E-state index in [1.165, 1.54) is 0 Å². The summed E-state index contributed by atoms with van der Waals surface area (Å²) in [5, 5.41) is 3.27. The fourth-order valence-electron chi connectivity index (χ4n) is 1.52. The first kappa shape index (κ1) is 13.2. The van der Waals surface area contributed by atoms with E-state index in [0.29, 0.717) is 17.2 Å². The SMILES string of the molecule is C=CCCCNc1cc(OC)c(OC)cc1N. The van der Waals surface area contributed by atoms with E-state index in [9.17, 15) is 0 Å². The fourth-order valence-corrected chi connectivity index (χ4v) is 1.52. The van der Waals surface area contributed by atoms with Gasteiger partial charge in [-0.3, -0.25) is 0 Å². The van der Waals surface area contributed by atoms with E-state index >= 15 is 0 Å². The molecule has 1 rings (SSSR count). The Hall–Kier alpha value is -1.84. The van der Waals surface area contributed by atoms with Gasteiger partial charge >= 0.3 is 0 Å². The molecule has 0 amide bonds. The van der Waals surface area contributed by atoms with E-state index in [4.69, 9.17) is 15.2 Å². The number of hydrogen-bond acceptors (Lipinski definition) is 4. The molecular weight excluding hydrogens is 216 g/mol. The molecule has 0 fully saturated rings. The van der Waals surface area contributed by atoms with Crippen LogP contribution in [0.5, 0.6) is 11.5 Å². The molecular formula is C13H20N2O2. The Morgan fingerprint density at radius 3 is 2.53 bits per heavy atom. The molecule has 0 aliphatic rings. The second kappa shape index (κ2) is 6.68. The van der Waals surface area contributed by atoms with Crippen molar-refractivity contribution in [3.8, 4) is 11.5 Å². The van der Waals surface area contributed by atoms with Crippen molar-refractivity contribution in [2.24, 2.45) is 0 Å². The molecule has 17 heavy (non-hydrogen) atoms. The van der Waals surface area contributed by atoms with Gasteiger partial charge in [-0.15, -0.1) is 6.58 Å². The van der Waals surface area contributed by atoms with E-state index in [0.717, 1.165) is 25.1 Å². The van der Waals surface area contributed by atoms with Crippen LogP contribution in [0.25, 0.3) is 0 Å². The highest BCUT2D eigenvalue weighted by Crippen LogP contribution is 2.34. The van der Waals surface area contributed by atoms with Crippen LogP contribution in [0.3, 0.4) is 0 Å². The van der Waals surface area contributed by atoms with Crippen LogP contribution < -0.4 is 20.5 Å². The standard InChI is InChI=1S/C13H20N2O2/c1-4-5-6-7-15-11-9-13(17-3)12(16-2)8-10(11)14/h4,8-9,15H,1,5-7,14H2,2-3H3. The van der Waals surface area contributed by atoms with Gasteiger partial charge in [0.1, 0.15) is 0 Å². The largest absolute Gasteiger partial charge is 0.493 e. The molecule has 4 nitrogen and oxygen atoms in total. The maximum Gasteiger partial charge on any atom is 0.162 e. The first-order valence-corrected chi connectivity index (χ1v) is 5.59. The van der Waals surface area contributed by atoms with Crippen molar-refractivity contribution in [3.05, 3.63) is 24.8 Å². The highest BCUT2D eigenvalue weighted by Gasteiger charge is 2.08. The molecule has 4 heteroatoms. The average Bonchev–Trinajstić information content (AvgIpc) is 2.35. The third-order valence-corrected chi connectivity index (χ3v) is 2.46. The number of nitrogens with two attached hydrogens (primary N) is 1. The first-order chi connectivity index (χ1) is 8.22. The van der Waals surface area contributed by atoms with Crippen molar-refractivity contribution >= 4 is 11.4 Å². The lowest BCUT2D eigenvalue weighted by Crippen LogP contribution is -2.05. The third kappa shape index (κ3) is 3.59. The third-order valence-electron chi connectivity index (χ3n) is 2.46. The van der Waals surface area contributed by atoms with Crippen LogP contribution in [0.15, 0.2) is 24.8 Å². The second-order valence-corrected chi connectivity index (χ2v) is 3.65. The molecule has 0 aliphatic carbocycles. The Balaban J connectivity index is 2.74. The summed E-state index contributed by atoms with van der Waals surface area (Å²) >= 11 is 0. The van der Waals surface area contributed by atoms with Crippen LogP contribution in [0.4, 0.5) is 11.4 Å². The van der Waals surface area contributed by atoms with Gasteiger partial charge in [-0.2, -0.15) is 0 Å². The number of unbranched alkanes of at least 4 members (excludes halogenated alkanes) is 1. The van der Waals surface area contributed by atoms with Gasteiger partial charge in [0, 0.05) is 18.7 Å². The highest BCUT2D eigenvalue weighted by molar-refractivity contribution is 5.71. The second-order valence-electron chi connectivity index (χ2n) is 3.65. The maximum atomic E-state index is 5.92. The molecule has 1 aromatic carbocycles. The van der Waals surface area contributed by atoms with Crippen LogP contribution in [-0.4, -0.2) is 20.8 Å². The van der Waals surface area contributed by atoms with Gasteiger partial charge in [-0.05, 0) is 12.8 Å². The minimum absolute atomic E-state index is 0.640. The van der Waals surface area contributed by atoms with E-state index in [1.54, 1.807) is 20.3 Å². The summed E-state index contributed by atoms with van der Waals surface area (Å²) in [4.78, 5) is 0. The Labute approximate surface area is 102 Å². The van der Waals surface area contributed by atoms with Crippen molar-refractivity contribution in [2.75, 3.05) is 31.8 Å². The van der Waals surface area contributed by atoms with E-state index < -0.39 is 0 Å². The van der Waals surface area contributed by atoms with Gasteiger partial charge in [-0.25, -0.2) is 0 Å². The topological polar surface area (TPSA) is 56.5 Å². The number of anilines is 2. The summed E-state index contributed by atoms with van der Waals surface area (Å²) in [6.45, 7) is 4.54. The molecule has 3 N–H and O–H groups in total. The van der Waals surface area contributed by atoms with Crippen molar-refractivity contribution < 1.29 is 9.47 Å². The Morgan fingerprint density at radius 2 is 1.94 bits per heavy atom. The summed E-state index contributed by atoms with van der Waals surface area (Å²) in [5.74, 6) is 1.31. The van der Waals surface area contributed by atoms with E-state index in [1.807, 2.05) is 12.1 Å². The number of methoxy groups -OCH3 is 2. The van der Waals surface area contributed by atoms with Gasteiger partial charge in [0.2, 0.25) is 0 Å². The fraction of sp³-hybridized carbons (Fsp3) is 0.385. The monoisotopic (exact) mass is 236 g/mol. The minimum Gasteiger partial charge on any atom is -0.493 e. The molecule has 0 aliphatic heterocycles. The smallest absolute Gasteiger partial charge is 0.162 e. The van der Waals surface area contributed by atoms with Gasteiger partial charge < -0.3 is 20.5 Å². The molecule has 1 aromatic rings. The lowest BCUT2D eigenvalue weighted by atomic mass is 10.2. The molecule has 0 saturated carbocycles. The molecule has 0 unspecified atom stereocenters. The Kier molecular flexibility index (Phi) is 5.20. The molecule has 0 atom stereocenters. The van der Waals surface area contributed by atoms with Crippen LogP contribution >= 0.6 is 0 Å². The number of nitrogen functional groups attached to an aromatic ring is 1. The summed E-state index contributed by atoms with van der Waals surface area (Å²) in [6.07, 6.45) is 3.91. The zero-order valence-electron chi connectivity index (χ0n) is 10.5. The molecule has 0 aromatic heterocycles. The number of ether oxygens (including phenoxy) is 2. The van der Waals surface area contributed by atoms with Crippen LogP contribution in [0.1, 0.15) is 12.8 Å². The molecule has 0 heterocycles. The molecule has 0 radical (unpaired) electrons. The maximum absolute atomic E-state index is 5.92. The van der Waals surface area contributed by atoms with Crippen molar-refractivity contribution in [2.45, 2.75) is 12.8 Å². The minimum atomic E-state index is 0.640. The van der Waals surface area contributed by atoms with E-state index in [2.05, 4.69) is 11.9 Å². The van der Waals surface area contributed by atoms with Gasteiger partial charge in [0.05, 0.1) is 25.6 Å². The zero-order chi connectivity index (χ0) is 12.7. The summed E-state index contributed by atoms with van der Waals surface area (Å²) in [7, 11) is 3.20. The quantitative estimate of drug-likeness (QED) is 0.434. The average molecular weight is 236 g/mol. The lowest BCUT2D eigenvalue weighted by Gasteiger charge is -2.13. The van der Waals surface area contributed by atoms with Crippen LogP contribution in [0, 0.1) is 0 Å². The number of rotatable bonds is 7. The van der Waals surface area contributed by atoms with Crippen molar-refractivity contribution in [1.29, 1.82) is 0 Å². The summed E-state index contributed by atoms with van der Waals surface area (Å²) < 4.78 is 10.4. The van der Waals surface area contributed by atoms with Gasteiger partial charge in [0.15, 0.2) is 11.5 Å². The summed E-state index contributed by atoms with van der Waals surface area (Å²) in [5.41, 5.74) is 7.44. The Morgan fingerprint density at radius 1 is 1.29 bits per heavy atom. The Bertz CT molecular complexity index is 378. The predicted octanol–water partition coefficient (Wildman–Crippen LogP) is 2.66. The highest BCUT2D eigenvalue weighted by atomic mass is 16.5. The molecule has 0 saturated heterocycles. The first-order valence-electron chi connectivity index (χ1n) is 5.59. The van der Waals surface area contributed by atoms with Crippen molar-refractivity contribution in [1.82, 2.24) is 0 Å². The van der Waals surface area contributed by atoms with Gasteiger partial charge in [-0.1, -0.05) is 6.08 Å². The summed E-state index contributed by atoms with van der Waals surface area (Å²) in [6, 6.07) is 3.61. The molecule has 0 bridgehead atoms. The van der Waals surface area contributed by atoms with Gasteiger partial charge in [0.25, 0.3) is 0 Å². The number of benzene rings is 1. The number of allylic oxidation sites excluding steroid dienone is 1. The number of nitrogens with one attached hydrogen (secondary N) is 1. The zero-order valence-corrected chi connectivity index (χ0v) is 10.5. The molecule has 94 valence electrons. The van der Waals surface area contributed by atoms with Crippen LogP contribution in [0.2, 0.25) is 0 Å². The molecule has 0 spiro atoms. The van der Waals surface area contributed by atoms with Crippen molar-refractivity contribution in [3.63, 3.8) is 0 Å². The normalized spacial score (nSPS) is 9.76. The van der Waals surface area contributed by atoms with E-state index in [-0.39, 0.29) is 0 Å². The lowest BCUT2D eigenvalue weighted by molar-refractivity contribution is 0.355.